The second-order valence-electron chi connectivity index (χ2n) is 12.8. The molecule has 9 aromatic rings. The topological polar surface area (TPSA) is 48.5 Å². The molecule has 3 aromatic heterocycles. The van der Waals surface area contributed by atoms with Gasteiger partial charge in [-0.05, 0) is 41.8 Å². The van der Waals surface area contributed by atoms with Gasteiger partial charge in [0.25, 0.3) is 0 Å². The summed E-state index contributed by atoms with van der Waals surface area (Å²) in [6.07, 6.45) is 9.76. The van der Waals surface area contributed by atoms with Gasteiger partial charge < -0.3 is 4.57 Å². The number of fused-ring (bicyclic) bond motifs is 7. The molecule has 0 fully saturated rings. The number of para-hydroxylation sites is 1. The van der Waals surface area contributed by atoms with Crippen molar-refractivity contribution in [1.82, 2.24) is 24.1 Å². The van der Waals surface area contributed by atoms with Crippen LogP contribution in [0, 0.1) is 0 Å². The lowest BCUT2D eigenvalue weighted by Gasteiger charge is -2.14. The first kappa shape index (κ1) is 29.1. The average molecular weight is 654 g/mol. The molecule has 3 heterocycles. The minimum Gasteiger partial charge on any atom is -0.307 e. The van der Waals surface area contributed by atoms with Crippen LogP contribution < -0.4 is 0 Å². The molecule has 0 amide bonds. The Balaban J connectivity index is 1.32. The van der Waals surface area contributed by atoms with Gasteiger partial charge in [0.1, 0.15) is 0 Å². The molecule has 0 atom stereocenters. The van der Waals surface area contributed by atoms with E-state index in [9.17, 15) is 0 Å². The van der Waals surface area contributed by atoms with Crippen LogP contribution in [0.4, 0.5) is 0 Å². The zero-order valence-electron chi connectivity index (χ0n) is 27.7. The Labute approximate surface area is 295 Å². The summed E-state index contributed by atoms with van der Waals surface area (Å²) >= 11 is 0. The van der Waals surface area contributed by atoms with E-state index in [1.165, 1.54) is 21.9 Å². The van der Waals surface area contributed by atoms with Crippen molar-refractivity contribution in [3.8, 4) is 45.5 Å². The fourth-order valence-electron chi connectivity index (χ4n) is 7.45. The number of rotatable bonds is 5. The van der Waals surface area contributed by atoms with Gasteiger partial charge in [0, 0.05) is 38.5 Å². The highest BCUT2D eigenvalue weighted by Gasteiger charge is 2.25. The molecule has 6 aromatic carbocycles. The molecule has 1 aliphatic carbocycles. The zero-order chi connectivity index (χ0) is 33.7. The van der Waals surface area contributed by atoms with Crippen LogP contribution in [0.25, 0.3) is 90.4 Å². The summed E-state index contributed by atoms with van der Waals surface area (Å²) in [5.41, 5.74) is 10.9. The molecular weight excluding hydrogens is 623 g/mol. The minimum absolute atomic E-state index is 0.581. The Morgan fingerprint density at radius 2 is 0.961 bits per heavy atom. The predicted octanol–water partition coefficient (Wildman–Crippen LogP) is 11.3. The number of aromatic nitrogens is 5. The molecule has 0 spiro atoms. The Bertz CT molecular complexity index is 2730. The Morgan fingerprint density at radius 1 is 0.412 bits per heavy atom. The van der Waals surface area contributed by atoms with Gasteiger partial charge in [-0.25, -0.2) is 4.98 Å². The van der Waals surface area contributed by atoms with Crippen LogP contribution in [0.3, 0.4) is 0 Å². The van der Waals surface area contributed by atoms with Crippen molar-refractivity contribution >= 4 is 44.9 Å². The molecule has 0 radical (unpaired) electrons. The van der Waals surface area contributed by atoms with Gasteiger partial charge in [-0.1, -0.05) is 152 Å². The van der Waals surface area contributed by atoms with Crippen molar-refractivity contribution < 1.29 is 0 Å². The van der Waals surface area contributed by atoms with Gasteiger partial charge in [0.05, 0.1) is 22.2 Å². The molecule has 0 bridgehead atoms. The predicted molar refractivity (Wildman–Crippen MR) is 210 cm³/mol. The van der Waals surface area contributed by atoms with Crippen LogP contribution in [-0.4, -0.2) is 24.1 Å². The van der Waals surface area contributed by atoms with E-state index in [4.69, 9.17) is 15.0 Å². The summed E-state index contributed by atoms with van der Waals surface area (Å²) in [6, 6.07) is 53.0. The van der Waals surface area contributed by atoms with E-state index in [1.54, 1.807) is 0 Å². The SMILES string of the molecule is C1=Cc2c(n(-c3nc(-c4ccccc4)nc(-c4ccccc4)n3)c3c2ccc2c4ccccc4n(-c4ccc(-c5ccccc5)cc4)c23)C=CC1. The van der Waals surface area contributed by atoms with Crippen molar-refractivity contribution in [2.75, 3.05) is 0 Å². The van der Waals surface area contributed by atoms with Gasteiger partial charge in [-0.15, -0.1) is 0 Å². The summed E-state index contributed by atoms with van der Waals surface area (Å²) in [5.74, 6) is 1.84. The molecule has 51 heavy (non-hydrogen) atoms. The largest absolute Gasteiger partial charge is 0.307 e. The van der Waals surface area contributed by atoms with Gasteiger partial charge in [0.15, 0.2) is 11.6 Å². The number of benzene rings is 6. The van der Waals surface area contributed by atoms with Gasteiger partial charge in [-0.3, -0.25) is 4.57 Å². The third-order valence-electron chi connectivity index (χ3n) is 9.79. The summed E-state index contributed by atoms with van der Waals surface area (Å²) in [4.78, 5) is 15.5. The highest BCUT2D eigenvalue weighted by Crippen LogP contribution is 2.42. The van der Waals surface area contributed by atoms with Gasteiger partial charge >= 0.3 is 0 Å². The Hall–Kier alpha value is -6.85. The van der Waals surface area contributed by atoms with E-state index in [1.807, 2.05) is 36.4 Å². The highest BCUT2D eigenvalue weighted by atomic mass is 15.2. The van der Waals surface area contributed by atoms with Crippen LogP contribution in [0.5, 0.6) is 0 Å². The lowest BCUT2D eigenvalue weighted by molar-refractivity contribution is 0.926. The average Bonchev–Trinajstić information content (AvgIpc) is 3.59. The molecule has 5 heteroatoms. The fraction of sp³-hybridized carbons (Fsp3) is 0.0217. The third kappa shape index (κ3) is 4.82. The fourth-order valence-corrected chi connectivity index (χ4v) is 7.45. The molecule has 0 aliphatic heterocycles. The summed E-state index contributed by atoms with van der Waals surface area (Å²) < 4.78 is 4.66. The van der Waals surface area contributed by atoms with Crippen molar-refractivity contribution in [3.05, 3.63) is 175 Å². The lowest BCUT2D eigenvalue weighted by Crippen LogP contribution is -2.08. The van der Waals surface area contributed by atoms with E-state index in [0.29, 0.717) is 17.6 Å². The van der Waals surface area contributed by atoms with Gasteiger partial charge in [-0.2, -0.15) is 9.97 Å². The van der Waals surface area contributed by atoms with E-state index < -0.39 is 0 Å². The quantitative estimate of drug-likeness (QED) is 0.186. The van der Waals surface area contributed by atoms with Crippen molar-refractivity contribution in [1.29, 1.82) is 0 Å². The molecule has 0 unspecified atom stereocenters. The van der Waals surface area contributed by atoms with E-state index >= 15 is 0 Å². The summed E-state index contributed by atoms with van der Waals surface area (Å²) in [7, 11) is 0. The molecule has 0 N–H and O–H groups in total. The van der Waals surface area contributed by atoms with Crippen LogP contribution in [0.1, 0.15) is 17.7 Å². The summed E-state index contributed by atoms with van der Waals surface area (Å²) in [6.45, 7) is 0. The normalized spacial score (nSPS) is 12.5. The Morgan fingerprint density at radius 3 is 1.65 bits per heavy atom. The maximum atomic E-state index is 5.24. The van der Waals surface area contributed by atoms with Gasteiger partial charge in [0.2, 0.25) is 5.95 Å². The summed E-state index contributed by atoms with van der Waals surface area (Å²) in [5, 5.41) is 3.52. The highest BCUT2D eigenvalue weighted by molar-refractivity contribution is 6.20. The first-order chi connectivity index (χ1) is 25.3. The first-order valence-electron chi connectivity index (χ1n) is 17.3. The van der Waals surface area contributed by atoms with Crippen LogP contribution in [0.15, 0.2) is 164 Å². The van der Waals surface area contributed by atoms with Crippen molar-refractivity contribution in [3.63, 3.8) is 0 Å². The molecule has 1 aliphatic rings. The molecule has 0 saturated heterocycles. The zero-order valence-corrected chi connectivity index (χ0v) is 27.7. The van der Waals surface area contributed by atoms with Crippen molar-refractivity contribution in [2.45, 2.75) is 6.42 Å². The van der Waals surface area contributed by atoms with E-state index in [0.717, 1.165) is 56.4 Å². The second-order valence-corrected chi connectivity index (χ2v) is 12.8. The minimum atomic E-state index is 0.581. The maximum absolute atomic E-state index is 5.24. The first-order valence-corrected chi connectivity index (χ1v) is 17.3. The van der Waals surface area contributed by atoms with Crippen LogP contribution >= 0.6 is 0 Å². The number of allylic oxidation sites excluding steroid dienone is 2. The molecule has 240 valence electrons. The standard InChI is InChI=1S/C46H31N5/c1-5-15-31(16-6-1)32-25-27-35(28-26-32)50-40-24-14-13-22-36(40)38-29-30-39-37-21-11-4-12-23-41(37)51(43(39)42(38)50)46-48-44(33-17-7-2-8-18-33)47-45(49-46)34-19-9-3-10-20-34/h1-3,5-30H,4H2. The van der Waals surface area contributed by atoms with Crippen LogP contribution in [-0.2, 0) is 0 Å². The Kier molecular flexibility index (Phi) is 6.81. The molecule has 10 rings (SSSR count). The third-order valence-corrected chi connectivity index (χ3v) is 9.79. The number of hydrogen-bond donors (Lipinski definition) is 0. The molecular formula is C46H31N5. The van der Waals surface area contributed by atoms with E-state index in [2.05, 4.69) is 149 Å². The molecule has 5 nitrogen and oxygen atoms in total. The van der Waals surface area contributed by atoms with Crippen molar-refractivity contribution in [2.24, 2.45) is 0 Å². The number of nitrogens with zero attached hydrogens (tertiary/aromatic N) is 5. The molecule has 0 saturated carbocycles. The lowest BCUT2D eigenvalue weighted by atomic mass is 10.1. The smallest absolute Gasteiger partial charge is 0.238 e. The van der Waals surface area contributed by atoms with Crippen LogP contribution in [0.2, 0.25) is 0 Å². The van der Waals surface area contributed by atoms with E-state index in [-0.39, 0.29) is 0 Å². The second kappa shape index (κ2) is 11.9. The maximum Gasteiger partial charge on any atom is 0.238 e. The monoisotopic (exact) mass is 653 g/mol. The number of hydrogen-bond acceptors (Lipinski definition) is 3.